The van der Waals surface area contributed by atoms with Crippen molar-refractivity contribution in [3.63, 3.8) is 0 Å². The molecule has 0 bridgehead atoms. The monoisotopic (exact) mass is 175 g/mol. The number of nitriles is 1. The van der Waals surface area contributed by atoms with Gasteiger partial charge in [-0.2, -0.15) is 5.26 Å². The summed E-state index contributed by atoms with van der Waals surface area (Å²) in [6.07, 6.45) is 4.01. The molecule has 0 aliphatic carbocycles. The first-order valence-electron chi connectivity index (χ1n) is 4.39. The van der Waals surface area contributed by atoms with Gasteiger partial charge < -0.3 is 0 Å². The average molecular weight is 175 g/mol. The largest absolute Gasteiger partial charge is 0.245 e. The minimum atomic E-state index is -0.0944. The minimum Gasteiger partial charge on any atom is -0.245 e. The fraction of sp³-hybridized carbons (Fsp3) is 0.500. The van der Waals surface area contributed by atoms with Crippen LogP contribution in [-0.4, -0.2) is 9.97 Å². The molecule has 1 rings (SSSR count). The Kier molecular flexibility index (Phi) is 3.39. The van der Waals surface area contributed by atoms with E-state index in [1.807, 2.05) is 0 Å². The lowest BCUT2D eigenvalue weighted by Crippen LogP contribution is -2.02. The highest BCUT2D eigenvalue weighted by Crippen LogP contribution is 2.20. The Morgan fingerprint density at radius 2 is 2.31 bits per heavy atom. The van der Waals surface area contributed by atoms with Gasteiger partial charge in [0.05, 0.1) is 17.7 Å². The third kappa shape index (κ3) is 2.83. The Morgan fingerprint density at radius 1 is 1.54 bits per heavy atom. The summed E-state index contributed by atoms with van der Waals surface area (Å²) in [5.74, 6) is 0.419. The van der Waals surface area contributed by atoms with Gasteiger partial charge in [-0.3, -0.25) is 0 Å². The van der Waals surface area contributed by atoms with E-state index in [0.717, 1.165) is 12.1 Å². The quantitative estimate of drug-likeness (QED) is 0.707. The van der Waals surface area contributed by atoms with E-state index < -0.39 is 0 Å². The molecule has 1 aromatic rings. The van der Waals surface area contributed by atoms with Crippen molar-refractivity contribution in [3.05, 3.63) is 24.3 Å². The molecule has 0 saturated heterocycles. The zero-order valence-electron chi connectivity index (χ0n) is 7.94. The molecule has 0 fully saturated rings. The number of aromatic nitrogens is 2. The number of hydrogen-bond donors (Lipinski definition) is 0. The second kappa shape index (κ2) is 4.56. The summed E-state index contributed by atoms with van der Waals surface area (Å²) in [5.41, 5.74) is 0.825. The van der Waals surface area contributed by atoms with E-state index in [2.05, 4.69) is 29.9 Å². The molecular formula is C10H13N3. The number of rotatable bonds is 3. The standard InChI is InChI=1S/C10H13N3/c1-8(2)5-9(6-11)10-3-4-12-7-13-10/h3-4,7-9H,5H2,1-2H3. The van der Waals surface area contributed by atoms with E-state index in [9.17, 15) is 0 Å². The predicted octanol–water partition coefficient (Wildman–Crippen LogP) is 2.13. The summed E-state index contributed by atoms with van der Waals surface area (Å²) in [7, 11) is 0. The van der Waals surface area contributed by atoms with E-state index in [4.69, 9.17) is 5.26 Å². The first kappa shape index (κ1) is 9.66. The second-order valence-electron chi connectivity index (χ2n) is 3.45. The van der Waals surface area contributed by atoms with Gasteiger partial charge in [0.25, 0.3) is 0 Å². The molecule has 0 aliphatic heterocycles. The van der Waals surface area contributed by atoms with Gasteiger partial charge in [0.2, 0.25) is 0 Å². The first-order chi connectivity index (χ1) is 6.24. The summed E-state index contributed by atoms with van der Waals surface area (Å²) in [5, 5.41) is 8.92. The maximum atomic E-state index is 8.92. The maximum absolute atomic E-state index is 8.92. The maximum Gasteiger partial charge on any atom is 0.115 e. The van der Waals surface area contributed by atoms with Crippen molar-refractivity contribution in [1.82, 2.24) is 9.97 Å². The van der Waals surface area contributed by atoms with E-state index in [1.54, 1.807) is 12.3 Å². The Hall–Kier alpha value is -1.43. The van der Waals surface area contributed by atoms with E-state index in [-0.39, 0.29) is 5.92 Å². The van der Waals surface area contributed by atoms with Crippen LogP contribution >= 0.6 is 0 Å². The zero-order chi connectivity index (χ0) is 9.68. The van der Waals surface area contributed by atoms with Crippen LogP contribution in [-0.2, 0) is 0 Å². The van der Waals surface area contributed by atoms with Crippen LogP contribution in [0.4, 0.5) is 0 Å². The normalized spacial score (nSPS) is 12.5. The van der Waals surface area contributed by atoms with Crippen molar-refractivity contribution in [2.45, 2.75) is 26.2 Å². The molecule has 3 heteroatoms. The number of hydrogen-bond acceptors (Lipinski definition) is 3. The molecular weight excluding hydrogens is 162 g/mol. The minimum absolute atomic E-state index is 0.0944. The van der Waals surface area contributed by atoms with Crippen molar-refractivity contribution in [3.8, 4) is 6.07 Å². The van der Waals surface area contributed by atoms with Crippen molar-refractivity contribution < 1.29 is 0 Å². The molecule has 1 heterocycles. The molecule has 0 aliphatic rings. The van der Waals surface area contributed by atoms with E-state index in [0.29, 0.717) is 5.92 Å². The summed E-state index contributed by atoms with van der Waals surface area (Å²) in [6, 6.07) is 4.06. The fourth-order valence-corrected chi connectivity index (χ4v) is 1.22. The van der Waals surface area contributed by atoms with Crippen molar-refractivity contribution >= 4 is 0 Å². The molecule has 1 aromatic heterocycles. The summed E-state index contributed by atoms with van der Waals surface area (Å²) in [6.45, 7) is 4.21. The predicted molar refractivity (Wildman–Crippen MR) is 49.8 cm³/mol. The molecule has 3 nitrogen and oxygen atoms in total. The van der Waals surface area contributed by atoms with Gasteiger partial charge in [-0.1, -0.05) is 13.8 Å². The molecule has 0 amide bonds. The molecule has 0 saturated carbocycles. The lowest BCUT2D eigenvalue weighted by molar-refractivity contribution is 0.548. The first-order valence-corrected chi connectivity index (χ1v) is 4.39. The second-order valence-corrected chi connectivity index (χ2v) is 3.45. The van der Waals surface area contributed by atoms with Crippen LogP contribution in [0.3, 0.4) is 0 Å². The molecule has 0 N–H and O–H groups in total. The molecule has 68 valence electrons. The fourth-order valence-electron chi connectivity index (χ4n) is 1.22. The van der Waals surface area contributed by atoms with Crippen LogP contribution in [0, 0.1) is 17.2 Å². The Bertz CT molecular complexity index is 287. The molecule has 1 atom stereocenters. The van der Waals surface area contributed by atoms with Crippen LogP contribution in [0.25, 0.3) is 0 Å². The Balaban J connectivity index is 2.75. The summed E-state index contributed by atoms with van der Waals surface area (Å²) >= 11 is 0. The topological polar surface area (TPSA) is 49.6 Å². The van der Waals surface area contributed by atoms with Gasteiger partial charge in [-0.05, 0) is 18.4 Å². The van der Waals surface area contributed by atoms with Crippen LogP contribution < -0.4 is 0 Å². The zero-order valence-corrected chi connectivity index (χ0v) is 7.94. The van der Waals surface area contributed by atoms with Crippen LogP contribution in [0.15, 0.2) is 18.6 Å². The Labute approximate surface area is 78.5 Å². The van der Waals surface area contributed by atoms with Gasteiger partial charge in [0, 0.05) is 6.20 Å². The van der Waals surface area contributed by atoms with Crippen molar-refractivity contribution in [2.75, 3.05) is 0 Å². The summed E-state index contributed by atoms with van der Waals surface area (Å²) < 4.78 is 0. The van der Waals surface area contributed by atoms with Gasteiger partial charge >= 0.3 is 0 Å². The average Bonchev–Trinajstić information content (AvgIpc) is 2.15. The highest BCUT2D eigenvalue weighted by Gasteiger charge is 2.12. The van der Waals surface area contributed by atoms with Crippen LogP contribution in [0.5, 0.6) is 0 Å². The van der Waals surface area contributed by atoms with Gasteiger partial charge in [0.1, 0.15) is 6.33 Å². The third-order valence-electron chi connectivity index (χ3n) is 1.82. The number of nitrogens with zero attached hydrogens (tertiary/aromatic N) is 3. The molecule has 0 radical (unpaired) electrons. The van der Waals surface area contributed by atoms with Crippen LogP contribution in [0.1, 0.15) is 31.9 Å². The lowest BCUT2D eigenvalue weighted by Gasteiger charge is -2.09. The van der Waals surface area contributed by atoms with Crippen molar-refractivity contribution in [1.29, 1.82) is 5.26 Å². The third-order valence-corrected chi connectivity index (χ3v) is 1.82. The smallest absolute Gasteiger partial charge is 0.115 e. The van der Waals surface area contributed by atoms with Gasteiger partial charge in [0.15, 0.2) is 0 Å². The highest BCUT2D eigenvalue weighted by molar-refractivity contribution is 5.14. The van der Waals surface area contributed by atoms with Crippen molar-refractivity contribution in [2.24, 2.45) is 5.92 Å². The molecule has 0 aromatic carbocycles. The van der Waals surface area contributed by atoms with Crippen LogP contribution in [0.2, 0.25) is 0 Å². The molecule has 13 heavy (non-hydrogen) atoms. The molecule has 1 unspecified atom stereocenters. The Morgan fingerprint density at radius 3 is 2.77 bits per heavy atom. The SMILES string of the molecule is CC(C)CC(C#N)c1ccncn1. The van der Waals surface area contributed by atoms with Gasteiger partial charge in [-0.25, -0.2) is 9.97 Å². The van der Waals surface area contributed by atoms with E-state index in [1.165, 1.54) is 6.33 Å². The molecule has 0 spiro atoms. The summed E-state index contributed by atoms with van der Waals surface area (Å²) in [4.78, 5) is 7.89. The lowest BCUT2D eigenvalue weighted by atomic mass is 9.95. The van der Waals surface area contributed by atoms with Gasteiger partial charge in [-0.15, -0.1) is 0 Å². The highest BCUT2D eigenvalue weighted by atomic mass is 14.8. The van der Waals surface area contributed by atoms with E-state index >= 15 is 0 Å².